The summed E-state index contributed by atoms with van der Waals surface area (Å²) in [7, 11) is -3.50. The van der Waals surface area contributed by atoms with E-state index in [-0.39, 0.29) is 4.90 Å². The number of nitriles is 1. The van der Waals surface area contributed by atoms with Crippen molar-refractivity contribution in [1.82, 2.24) is 0 Å². The smallest absolute Gasteiger partial charge is 0.200 e. The first-order valence-corrected chi connectivity index (χ1v) is 5.55. The van der Waals surface area contributed by atoms with Crippen LogP contribution in [-0.4, -0.2) is 8.42 Å². The lowest BCUT2D eigenvalue weighted by molar-refractivity contribution is 0.604. The maximum absolute atomic E-state index is 11.4. The van der Waals surface area contributed by atoms with Crippen molar-refractivity contribution in [2.24, 2.45) is 0 Å². The van der Waals surface area contributed by atoms with Crippen molar-refractivity contribution in [3.63, 3.8) is 0 Å². The van der Waals surface area contributed by atoms with Crippen molar-refractivity contribution in [3.8, 4) is 6.07 Å². The van der Waals surface area contributed by atoms with Crippen molar-refractivity contribution in [2.75, 3.05) is 0 Å². The van der Waals surface area contributed by atoms with E-state index in [1.807, 2.05) is 0 Å². The van der Waals surface area contributed by atoms with E-state index in [0.717, 1.165) is 11.5 Å². The molecule has 0 radical (unpaired) electrons. The summed E-state index contributed by atoms with van der Waals surface area (Å²) in [6, 6.07) is 7.36. The highest BCUT2D eigenvalue weighted by Gasteiger charge is 2.08. The molecule has 72 valence electrons. The molecule has 5 heteroatoms. The van der Waals surface area contributed by atoms with Gasteiger partial charge in [-0.05, 0) is 24.3 Å². The van der Waals surface area contributed by atoms with Crippen molar-refractivity contribution in [1.29, 1.82) is 5.26 Å². The lowest BCUT2D eigenvalue weighted by atomic mass is 10.4. The molecule has 3 nitrogen and oxygen atoms in total. The Morgan fingerprint density at radius 2 is 1.86 bits per heavy atom. The normalized spacial score (nSPS) is 11.4. The van der Waals surface area contributed by atoms with Crippen LogP contribution in [0.3, 0.4) is 0 Å². The van der Waals surface area contributed by atoms with Crippen molar-refractivity contribution < 1.29 is 8.42 Å². The van der Waals surface area contributed by atoms with Crippen LogP contribution in [0.2, 0.25) is 5.02 Å². The summed E-state index contributed by atoms with van der Waals surface area (Å²) >= 11 is 5.60. The average molecular weight is 228 g/mol. The largest absolute Gasteiger partial charge is 0.219 e. The lowest BCUT2D eigenvalue weighted by Crippen LogP contribution is -1.95. The maximum Gasteiger partial charge on any atom is 0.200 e. The third-order valence-electron chi connectivity index (χ3n) is 1.46. The average Bonchev–Trinajstić information content (AvgIpc) is 2.16. The van der Waals surface area contributed by atoms with Gasteiger partial charge in [-0.1, -0.05) is 11.6 Å². The van der Waals surface area contributed by atoms with Gasteiger partial charge in [0.05, 0.1) is 11.0 Å². The van der Waals surface area contributed by atoms with E-state index in [1.165, 1.54) is 24.3 Å². The van der Waals surface area contributed by atoms with Gasteiger partial charge in [-0.3, -0.25) is 0 Å². The van der Waals surface area contributed by atoms with Crippen molar-refractivity contribution in [2.45, 2.75) is 4.90 Å². The summed E-state index contributed by atoms with van der Waals surface area (Å²) in [6.07, 6.45) is 0.921. The third kappa shape index (κ3) is 2.59. The van der Waals surface area contributed by atoms with Gasteiger partial charge in [-0.2, -0.15) is 5.26 Å². The Labute approximate surface area is 87.2 Å². The van der Waals surface area contributed by atoms with Gasteiger partial charge >= 0.3 is 0 Å². The minimum Gasteiger partial charge on any atom is -0.219 e. The van der Waals surface area contributed by atoms with Gasteiger partial charge < -0.3 is 0 Å². The number of hydrogen-bond donors (Lipinski definition) is 0. The van der Waals surface area contributed by atoms with Crippen LogP contribution >= 0.6 is 11.6 Å². The van der Waals surface area contributed by atoms with Gasteiger partial charge in [0, 0.05) is 16.5 Å². The Bertz CT molecular complexity index is 483. The highest BCUT2D eigenvalue weighted by Crippen LogP contribution is 2.15. The molecule has 0 aliphatic rings. The van der Waals surface area contributed by atoms with Crippen LogP contribution in [0.4, 0.5) is 0 Å². The Morgan fingerprint density at radius 3 is 2.36 bits per heavy atom. The molecule has 0 N–H and O–H groups in total. The molecule has 0 aliphatic carbocycles. The second kappa shape index (κ2) is 4.27. The van der Waals surface area contributed by atoms with Crippen LogP contribution in [0.15, 0.2) is 40.6 Å². The van der Waals surface area contributed by atoms with Gasteiger partial charge in [0.1, 0.15) is 0 Å². The highest BCUT2D eigenvalue weighted by molar-refractivity contribution is 7.94. The zero-order valence-electron chi connectivity index (χ0n) is 7.01. The topological polar surface area (TPSA) is 57.9 Å². The number of nitrogens with zero attached hydrogens (tertiary/aromatic N) is 1. The van der Waals surface area contributed by atoms with E-state index in [0.29, 0.717) is 5.02 Å². The zero-order chi connectivity index (χ0) is 10.6. The van der Waals surface area contributed by atoms with Crippen LogP contribution in [0, 0.1) is 11.3 Å². The van der Waals surface area contributed by atoms with Crippen molar-refractivity contribution >= 4 is 21.4 Å². The second-order valence-corrected chi connectivity index (χ2v) is 4.70. The minimum atomic E-state index is -3.50. The molecule has 0 fully saturated rings. The van der Waals surface area contributed by atoms with E-state index in [9.17, 15) is 8.42 Å². The molecule has 0 saturated heterocycles. The first-order chi connectivity index (χ1) is 6.56. The van der Waals surface area contributed by atoms with Gasteiger partial charge in [0.25, 0.3) is 0 Å². The fourth-order valence-corrected chi connectivity index (χ4v) is 1.86. The lowest BCUT2D eigenvalue weighted by Gasteiger charge is -1.97. The highest BCUT2D eigenvalue weighted by atomic mass is 35.5. The fourth-order valence-electron chi connectivity index (χ4n) is 0.823. The van der Waals surface area contributed by atoms with Crippen LogP contribution in [-0.2, 0) is 9.84 Å². The Hall–Kier alpha value is -1.31. The first kappa shape index (κ1) is 10.8. The summed E-state index contributed by atoms with van der Waals surface area (Å²) in [4.78, 5) is 0.119. The van der Waals surface area contributed by atoms with Gasteiger partial charge in [-0.25, -0.2) is 8.42 Å². The van der Waals surface area contributed by atoms with E-state index < -0.39 is 9.84 Å². The van der Waals surface area contributed by atoms with Crippen LogP contribution in [0.5, 0.6) is 0 Å². The summed E-state index contributed by atoms with van der Waals surface area (Å²) in [5.41, 5.74) is 0. The van der Waals surface area contributed by atoms with Gasteiger partial charge in [0.2, 0.25) is 9.84 Å². The molecule has 1 rings (SSSR count). The fraction of sp³-hybridized carbons (Fsp3) is 0. The second-order valence-electron chi connectivity index (χ2n) is 2.43. The molecular weight excluding hydrogens is 222 g/mol. The Kier molecular flexibility index (Phi) is 3.28. The molecule has 0 saturated carbocycles. The molecule has 1 aromatic carbocycles. The number of sulfone groups is 1. The summed E-state index contributed by atoms with van der Waals surface area (Å²) in [5.74, 6) is 0. The Morgan fingerprint density at radius 1 is 1.29 bits per heavy atom. The number of halogens is 1. The van der Waals surface area contributed by atoms with Crippen LogP contribution < -0.4 is 0 Å². The summed E-state index contributed by atoms with van der Waals surface area (Å²) in [5, 5.41) is 9.52. The van der Waals surface area contributed by atoms with Crippen LogP contribution in [0.1, 0.15) is 0 Å². The molecule has 0 unspecified atom stereocenters. The predicted octanol–water partition coefficient (Wildman–Crippen LogP) is 2.15. The van der Waals surface area contributed by atoms with Crippen LogP contribution in [0.25, 0.3) is 0 Å². The van der Waals surface area contributed by atoms with Crippen molar-refractivity contribution in [3.05, 3.63) is 40.8 Å². The summed E-state index contributed by atoms with van der Waals surface area (Å²) in [6.45, 7) is 0. The van der Waals surface area contributed by atoms with Gasteiger partial charge in [0.15, 0.2) is 0 Å². The molecule has 0 bridgehead atoms. The predicted molar refractivity (Wildman–Crippen MR) is 53.4 cm³/mol. The van der Waals surface area contributed by atoms with E-state index in [1.54, 1.807) is 6.07 Å². The monoisotopic (exact) mass is 227 g/mol. The number of benzene rings is 1. The molecule has 14 heavy (non-hydrogen) atoms. The Balaban J connectivity index is 3.13. The molecule has 0 amide bonds. The summed E-state index contributed by atoms with van der Waals surface area (Å²) < 4.78 is 22.8. The standard InChI is InChI=1S/C9H6ClNO2S/c10-8-2-4-9(5-3-8)14(12,13)7-1-6-11/h1-5,7H/b7-1+. The number of rotatable bonds is 2. The number of allylic oxidation sites excluding steroid dienone is 1. The maximum atomic E-state index is 11.4. The van der Waals surface area contributed by atoms with E-state index in [4.69, 9.17) is 16.9 Å². The van der Waals surface area contributed by atoms with E-state index >= 15 is 0 Å². The first-order valence-electron chi connectivity index (χ1n) is 3.63. The quantitative estimate of drug-likeness (QED) is 0.728. The SMILES string of the molecule is N#C/C=C/S(=O)(=O)c1ccc(Cl)cc1. The molecule has 0 heterocycles. The van der Waals surface area contributed by atoms with Gasteiger partial charge in [-0.15, -0.1) is 0 Å². The molecule has 0 aliphatic heterocycles. The minimum absolute atomic E-state index is 0.119. The molecular formula is C9H6ClNO2S. The molecule has 1 aromatic rings. The molecule has 0 aromatic heterocycles. The van der Waals surface area contributed by atoms with E-state index in [2.05, 4.69) is 0 Å². The third-order valence-corrected chi connectivity index (χ3v) is 3.14. The molecule has 0 spiro atoms. The zero-order valence-corrected chi connectivity index (χ0v) is 8.59. The number of hydrogen-bond acceptors (Lipinski definition) is 3. The molecule has 0 atom stereocenters.